The van der Waals surface area contributed by atoms with E-state index in [1.165, 1.54) is 0 Å². The second-order valence-electron chi connectivity index (χ2n) is 3.37. The number of methoxy groups -OCH3 is 2. The molecule has 0 unspecified atom stereocenters. The van der Waals surface area contributed by atoms with Gasteiger partial charge in [0.25, 0.3) is 0 Å². The molecule has 1 aromatic heterocycles. The largest absolute Gasteiger partial charge is 0.493 e. The van der Waals surface area contributed by atoms with E-state index < -0.39 is 0 Å². The number of nitrogens with zero attached hydrogens (tertiary/aromatic N) is 1. The van der Waals surface area contributed by atoms with Gasteiger partial charge >= 0.3 is 0 Å². The Morgan fingerprint density at radius 2 is 2.06 bits per heavy atom. The predicted octanol–water partition coefficient (Wildman–Crippen LogP) is 2.44. The molecule has 0 aliphatic heterocycles. The molecule has 0 bridgehead atoms. The van der Waals surface area contributed by atoms with Crippen LogP contribution in [0.4, 0.5) is 5.82 Å². The Morgan fingerprint density at radius 3 is 2.59 bits per heavy atom. The first-order valence-corrected chi connectivity index (χ1v) is 5.68. The second kappa shape index (κ2) is 4.67. The number of halogens is 1. The molecule has 0 aliphatic rings. The van der Waals surface area contributed by atoms with Gasteiger partial charge in [0.05, 0.1) is 24.4 Å². The molecule has 90 valence electrons. The number of aromatic amines is 1. The lowest BCUT2D eigenvalue weighted by molar-refractivity contribution is 0.353. The third kappa shape index (κ3) is 2.08. The van der Waals surface area contributed by atoms with E-state index in [1.807, 2.05) is 12.1 Å². The molecule has 3 N–H and O–H groups in total. The number of nitrogen functional groups attached to an aromatic ring is 1. The SMILES string of the molecule is COc1ccc(-c2cc(N)n[nH]2)c(Br)c1OC. The summed E-state index contributed by atoms with van der Waals surface area (Å²) in [7, 11) is 3.19. The van der Waals surface area contributed by atoms with Crippen LogP contribution in [0.5, 0.6) is 11.5 Å². The van der Waals surface area contributed by atoms with Crippen LogP contribution in [0.25, 0.3) is 11.3 Å². The van der Waals surface area contributed by atoms with Crippen molar-refractivity contribution in [3.8, 4) is 22.8 Å². The highest BCUT2D eigenvalue weighted by Gasteiger charge is 2.15. The quantitative estimate of drug-likeness (QED) is 0.913. The molecule has 1 aromatic carbocycles. The smallest absolute Gasteiger partial charge is 0.175 e. The minimum absolute atomic E-state index is 0.446. The first-order chi connectivity index (χ1) is 8.17. The Bertz CT molecular complexity index is 540. The van der Waals surface area contributed by atoms with Crippen LogP contribution in [0.1, 0.15) is 0 Å². The molecule has 0 amide bonds. The Labute approximate surface area is 107 Å². The van der Waals surface area contributed by atoms with E-state index in [1.54, 1.807) is 20.3 Å². The van der Waals surface area contributed by atoms with E-state index in [4.69, 9.17) is 15.2 Å². The van der Waals surface area contributed by atoms with Crippen LogP contribution in [0.3, 0.4) is 0 Å². The fourth-order valence-electron chi connectivity index (χ4n) is 1.57. The average molecular weight is 298 g/mol. The van der Waals surface area contributed by atoms with Gasteiger partial charge in [0.2, 0.25) is 0 Å². The third-order valence-electron chi connectivity index (χ3n) is 2.37. The van der Waals surface area contributed by atoms with Crippen LogP contribution in [-0.4, -0.2) is 24.4 Å². The molecule has 0 atom stereocenters. The first kappa shape index (κ1) is 11.8. The summed E-state index contributed by atoms with van der Waals surface area (Å²) in [6.45, 7) is 0. The number of benzene rings is 1. The number of hydrogen-bond donors (Lipinski definition) is 2. The molecule has 0 saturated carbocycles. The van der Waals surface area contributed by atoms with Crippen molar-refractivity contribution in [2.75, 3.05) is 20.0 Å². The van der Waals surface area contributed by atoms with Crippen LogP contribution < -0.4 is 15.2 Å². The highest BCUT2D eigenvalue weighted by Crippen LogP contribution is 2.41. The van der Waals surface area contributed by atoms with Gasteiger partial charge in [-0.1, -0.05) is 0 Å². The molecule has 6 heteroatoms. The minimum Gasteiger partial charge on any atom is -0.493 e. The van der Waals surface area contributed by atoms with Crippen LogP contribution in [-0.2, 0) is 0 Å². The zero-order valence-electron chi connectivity index (χ0n) is 9.45. The van der Waals surface area contributed by atoms with Crippen molar-refractivity contribution in [3.63, 3.8) is 0 Å². The normalized spacial score (nSPS) is 10.3. The summed E-state index contributed by atoms with van der Waals surface area (Å²) in [4.78, 5) is 0. The maximum Gasteiger partial charge on any atom is 0.175 e. The molecule has 5 nitrogen and oxygen atoms in total. The average Bonchev–Trinajstić information content (AvgIpc) is 2.75. The van der Waals surface area contributed by atoms with Crippen molar-refractivity contribution in [1.82, 2.24) is 10.2 Å². The molecular formula is C11H12BrN3O2. The van der Waals surface area contributed by atoms with Crippen molar-refractivity contribution >= 4 is 21.7 Å². The number of nitrogens with two attached hydrogens (primary N) is 1. The highest BCUT2D eigenvalue weighted by molar-refractivity contribution is 9.10. The molecule has 0 radical (unpaired) electrons. The lowest BCUT2D eigenvalue weighted by atomic mass is 10.1. The molecule has 0 spiro atoms. The van der Waals surface area contributed by atoms with Gasteiger partial charge < -0.3 is 15.2 Å². The van der Waals surface area contributed by atoms with Crippen LogP contribution >= 0.6 is 15.9 Å². The number of nitrogens with one attached hydrogen (secondary N) is 1. The number of ether oxygens (including phenoxy) is 2. The fourth-order valence-corrected chi connectivity index (χ4v) is 2.28. The lowest BCUT2D eigenvalue weighted by Gasteiger charge is -2.11. The monoisotopic (exact) mass is 297 g/mol. The van der Waals surface area contributed by atoms with Gasteiger partial charge in [-0.05, 0) is 28.1 Å². The molecule has 2 aromatic rings. The van der Waals surface area contributed by atoms with Gasteiger partial charge in [-0.25, -0.2) is 0 Å². The second-order valence-corrected chi connectivity index (χ2v) is 4.16. The molecule has 0 saturated heterocycles. The molecule has 0 aliphatic carbocycles. The standard InChI is InChI=1S/C11H12BrN3O2/c1-16-8-4-3-6(10(12)11(8)17-2)7-5-9(13)15-14-7/h3-5H,1-2H3,(H3,13,14,15). The minimum atomic E-state index is 0.446. The summed E-state index contributed by atoms with van der Waals surface area (Å²) in [5.74, 6) is 1.75. The topological polar surface area (TPSA) is 73.2 Å². The van der Waals surface area contributed by atoms with Crippen molar-refractivity contribution in [3.05, 3.63) is 22.7 Å². The summed E-state index contributed by atoms with van der Waals surface area (Å²) < 4.78 is 11.3. The van der Waals surface area contributed by atoms with Crippen molar-refractivity contribution in [2.45, 2.75) is 0 Å². The number of hydrogen-bond acceptors (Lipinski definition) is 4. The summed E-state index contributed by atoms with van der Waals surface area (Å²) in [5.41, 5.74) is 7.30. The van der Waals surface area contributed by atoms with Crippen LogP contribution in [0, 0.1) is 0 Å². The zero-order valence-corrected chi connectivity index (χ0v) is 11.0. The van der Waals surface area contributed by atoms with Gasteiger partial charge in [0.1, 0.15) is 5.82 Å². The third-order valence-corrected chi connectivity index (χ3v) is 3.16. The number of rotatable bonds is 3. The maximum atomic E-state index is 5.58. The van der Waals surface area contributed by atoms with Gasteiger partial charge in [-0.2, -0.15) is 5.10 Å². The van der Waals surface area contributed by atoms with Gasteiger partial charge in [-0.15, -0.1) is 0 Å². The molecule has 1 heterocycles. The van der Waals surface area contributed by atoms with E-state index in [2.05, 4.69) is 26.1 Å². The molecule has 2 rings (SSSR count). The number of aromatic nitrogens is 2. The van der Waals surface area contributed by atoms with E-state index in [0.717, 1.165) is 15.7 Å². The van der Waals surface area contributed by atoms with Gasteiger partial charge in [0.15, 0.2) is 11.5 Å². The Balaban J connectivity index is 2.56. The van der Waals surface area contributed by atoms with E-state index in [-0.39, 0.29) is 0 Å². The molecule has 0 fully saturated rings. The summed E-state index contributed by atoms with van der Waals surface area (Å²) in [6.07, 6.45) is 0. The summed E-state index contributed by atoms with van der Waals surface area (Å²) in [5, 5.41) is 6.74. The maximum absolute atomic E-state index is 5.58. The van der Waals surface area contributed by atoms with Crippen molar-refractivity contribution in [2.24, 2.45) is 0 Å². The van der Waals surface area contributed by atoms with Crippen LogP contribution in [0.2, 0.25) is 0 Å². The predicted molar refractivity (Wildman–Crippen MR) is 69.2 cm³/mol. The first-order valence-electron chi connectivity index (χ1n) is 4.89. The summed E-state index contributed by atoms with van der Waals surface area (Å²) in [6, 6.07) is 5.49. The fraction of sp³-hybridized carbons (Fsp3) is 0.182. The van der Waals surface area contributed by atoms with Gasteiger partial charge in [-0.3, -0.25) is 5.10 Å². The molecular weight excluding hydrogens is 286 g/mol. The van der Waals surface area contributed by atoms with E-state index in [9.17, 15) is 0 Å². The Kier molecular flexibility index (Phi) is 3.23. The van der Waals surface area contributed by atoms with E-state index in [0.29, 0.717) is 17.3 Å². The molecule has 17 heavy (non-hydrogen) atoms. The zero-order chi connectivity index (χ0) is 12.4. The van der Waals surface area contributed by atoms with Crippen molar-refractivity contribution < 1.29 is 9.47 Å². The summed E-state index contributed by atoms with van der Waals surface area (Å²) >= 11 is 3.49. The van der Waals surface area contributed by atoms with Crippen LogP contribution in [0.15, 0.2) is 22.7 Å². The Hall–Kier alpha value is -1.69. The Morgan fingerprint density at radius 1 is 1.29 bits per heavy atom. The van der Waals surface area contributed by atoms with Crippen molar-refractivity contribution in [1.29, 1.82) is 0 Å². The number of anilines is 1. The number of H-pyrrole nitrogens is 1. The van der Waals surface area contributed by atoms with E-state index >= 15 is 0 Å². The lowest BCUT2D eigenvalue weighted by Crippen LogP contribution is -1.93. The van der Waals surface area contributed by atoms with Gasteiger partial charge in [0, 0.05) is 11.6 Å². The highest BCUT2D eigenvalue weighted by atomic mass is 79.9.